The van der Waals surface area contributed by atoms with Crippen molar-refractivity contribution in [1.82, 2.24) is 21.3 Å². The Morgan fingerprint density at radius 1 is 0.806 bits per heavy atom. The summed E-state index contributed by atoms with van der Waals surface area (Å²) in [5, 5.41) is 26.9. The zero-order valence-electron chi connectivity index (χ0n) is 19.8. The molecule has 15 nitrogen and oxygen atoms in total. The van der Waals surface area contributed by atoms with Crippen LogP contribution in [0.1, 0.15) is 39.0 Å². The van der Waals surface area contributed by atoms with E-state index in [0.717, 1.165) is 6.92 Å². The summed E-state index contributed by atoms with van der Waals surface area (Å²) in [5.74, 6) is -6.61. The number of rotatable bonds is 18. The van der Waals surface area contributed by atoms with E-state index < -0.39 is 78.5 Å². The third-order valence-electron chi connectivity index (χ3n) is 4.52. The van der Waals surface area contributed by atoms with Crippen LogP contribution in [0.25, 0.3) is 0 Å². The highest BCUT2D eigenvalue weighted by atomic mass is 32.2. The molecule has 0 aliphatic heterocycles. The van der Waals surface area contributed by atoms with Gasteiger partial charge in [-0.25, -0.2) is 0 Å². The summed E-state index contributed by atoms with van der Waals surface area (Å²) in [6.45, 7) is 1.08. The first-order valence-corrected chi connectivity index (χ1v) is 12.0. The Morgan fingerprint density at radius 2 is 1.31 bits per heavy atom. The van der Waals surface area contributed by atoms with Gasteiger partial charge in [-0.2, -0.15) is 11.8 Å². The van der Waals surface area contributed by atoms with Crippen LogP contribution in [-0.4, -0.2) is 94.1 Å². The fourth-order valence-electron chi connectivity index (χ4n) is 2.84. The average molecular weight is 534 g/mol. The Kier molecular flexibility index (Phi) is 15.1. The Balaban J connectivity index is 5.68. The van der Waals surface area contributed by atoms with Crippen LogP contribution >= 0.6 is 11.8 Å². The number of hydrogen-bond acceptors (Lipinski definition) is 9. The quantitative estimate of drug-likeness (QED) is 0.0880. The van der Waals surface area contributed by atoms with Crippen LogP contribution in [0.2, 0.25) is 0 Å². The van der Waals surface area contributed by atoms with Crippen molar-refractivity contribution in [2.75, 3.05) is 12.0 Å². The fourth-order valence-corrected chi connectivity index (χ4v) is 3.31. The molecule has 0 fully saturated rings. The number of aliphatic carboxylic acids is 2. The number of aldehydes is 1. The van der Waals surface area contributed by atoms with Crippen LogP contribution in [0.4, 0.5) is 0 Å². The van der Waals surface area contributed by atoms with E-state index in [1.165, 1.54) is 11.8 Å². The number of amides is 5. The summed E-state index contributed by atoms with van der Waals surface area (Å²) in [7, 11) is 0. The van der Waals surface area contributed by atoms with Crippen molar-refractivity contribution in [3.8, 4) is 0 Å². The number of carbonyl (C=O) groups is 8. The molecule has 0 saturated carbocycles. The first-order chi connectivity index (χ1) is 16.8. The molecule has 0 bridgehead atoms. The van der Waals surface area contributed by atoms with E-state index in [9.17, 15) is 38.4 Å². The van der Waals surface area contributed by atoms with Crippen molar-refractivity contribution in [3.05, 3.63) is 0 Å². The van der Waals surface area contributed by atoms with Crippen molar-refractivity contribution in [2.45, 2.75) is 63.2 Å². The lowest BCUT2D eigenvalue weighted by molar-refractivity contribution is -0.141. The van der Waals surface area contributed by atoms with Crippen molar-refractivity contribution in [1.29, 1.82) is 0 Å². The third kappa shape index (κ3) is 13.9. The van der Waals surface area contributed by atoms with E-state index in [4.69, 9.17) is 15.9 Å². The highest BCUT2D eigenvalue weighted by Gasteiger charge is 2.31. The van der Waals surface area contributed by atoms with Gasteiger partial charge in [0.15, 0.2) is 0 Å². The van der Waals surface area contributed by atoms with E-state index in [-0.39, 0.29) is 25.5 Å². The lowest BCUT2D eigenvalue weighted by atomic mass is 10.1. The molecule has 16 heteroatoms. The summed E-state index contributed by atoms with van der Waals surface area (Å²) in [6.07, 6.45) is -0.110. The zero-order valence-corrected chi connectivity index (χ0v) is 20.6. The Hall–Kier alpha value is -3.69. The fraction of sp³-hybridized carbons (Fsp3) is 0.600. The smallest absolute Gasteiger partial charge is 0.305 e. The second kappa shape index (κ2) is 16.9. The van der Waals surface area contributed by atoms with E-state index in [2.05, 4.69) is 21.3 Å². The molecular weight excluding hydrogens is 502 g/mol. The summed E-state index contributed by atoms with van der Waals surface area (Å²) in [6, 6.07) is -5.55. The average Bonchev–Trinajstić information content (AvgIpc) is 2.76. The van der Waals surface area contributed by atoms with Gasteiger partial charge in [-0.15, -0.1) is 0 Å². The Morgan fingerprint density at radius 3 is 1.75 bits per heavy atom. The summed E-state index contributed by atoms with van der Waals surface area (Å²) in [5.41, 5.74) is 5.11. The lowest BCUT2D eigenvalue weighted by Crippen LogP contribution is -2.57. The molecule has 4 atom stereocenters. The number of carbonyl (C=O) groups excluding carboxylic acids is 6. The number of thioether (sulfide) groups is 1. The molecule has 0 aromatic heterocycles. The highest BCUT2D eigenvalue weighted by Crippen LogP contribution is 2.06. The molecule has 202 valence electrons. The predicted molar refractivity (Wildman–Crippen MR) is 125 cm³/mol. The number of primary amides is 1. The molecule has 0 saturated heterocycles. The minimum absolute atomic E-state index is 0.0543. The first kappa shape index (κ1) is 32.3. The standard InChI is InChI=1S/C20H31N5O10S/c1-10(27)22-14(8-17(31)32)20(35)25-13(5-6-36-2)19(34)24-12(3-4-15(21)28)18(33)23-11(9-26)7-16(29)30/h9,11-14H,3-8H2,1-2H3,(H2,21,28)(H,22,27)(H,23,33)(H,24,34)(H,25,35)(H,29,30)(H,31,32)/t11-,12+,13-,14-/m0/s1. The number of nitrogens with one attached hydrogen (secondary N) is 4. The molecule has 0 aliphatic carbocycles. The molecule has 5 amide bonds. The maximum Gasteiger partial charge on any atom is 0.305 e. The third-order valence-corrected chi connectivity index (χ3v) is 5.16. The van der Waals surface area contributed by atoms with E-state index >= 15 is 0 Å². The highest BCUT2D eigenvalue weighted by molar-refractivity contribution is 7.98. The first-order valence-electron chi connectivity index (χ1n) is 10.6. The van der Waals surface area contributed by atoms with Gasteiger partial charge in [0, 0.05) is 13.3 Å². The van der Waals surface area contributed by atoms with Crippen LogP contribution in [-0.2, 0) is 38.4 Å². The van der Waals surface area contributed by atoms with E-state index in [0.29, 0.717) is 5.75 Å². The molecule has 0 aromatic rings. The van der Waals surface area contributed by atoms with Crippen LogP contribution in [0.15, 0.2) is 0 Å². The van der Waals surface area contributed by atoms with E-state index in [1.54, 1.807) is 6.26 Å². The maximum atomic E-state index is 12.9. The second-order valence-electron chi connectivity index (χ2n) is 7.61. The molecule has 36 heavy (non-hydrogen) atoms. The van der Waals surface area contributed by atoms with Crippen molar-refractivity contribution in [2.24, 2.45) is 5.73 Å². The molecule has 0 aromatic carbocycles. The maximum absolute atomic E-state index is 12.9. The van der Waals surface area contributed by atoms with Crippen molar-refractivity contribution in [3.63, 3.8) is 0 Å². The van der Waals surface area contributed by atoms with Crippen LogP contribution in [0, 0.1) is 0 Å². The van der Waals surface area contributed by atoms with Crippen LogP contribution < -0.4 is 27.0 Å². The van der Waals surface area contributed by atoms with Gasteiger partial charge in [-0.1, -0.05) is 0 Å². The van der Waals surface area contributed by atoms with Gasteiger partial charge >= 0.3 is 11.9 Å². The Bertz CT molecular complexity index is 837. The molecule has 0 spiro atoms. The number of hydrogen-bond donors (Lipinski definition) is 7. The molecule has 0 radical (unpaired) electrons. The van der Waals surface area contributed by atoms with Gasteiger partial charge in [0.1, 0.15) is 24.4 Å². The van der Waals surface area contributed by atoms with Gasteiger partial charge in [-0.05, 0) is 24.9 Å². The summed E-state index contributed by atoms with van der Waals surface area (Å²) >= 11 is 1.33. The predicted octanol–water partition coefficient (Wildman–Crippen LogP) is -2.89. The largest absolute Gasteiger partial charge is 0.481 e. The molecule has 8 N–H and O–H groups in total. The number of carboxylic acid groups (broad SMARTS) is 2. The van der Waals surface area contributed by atoms with Gasteiger partial charge < -0.3 is 42.0 Å². The summed E-state index contributed by atoms with van der Waals surface area (Å²) < 4.78 is 0. The SMILES string of the molecule is CSCC[C@H](NC(=O)[C@H](CC(=O)O)NC(C)=O)C(=O)N[C@H](CCC(N)=O)C(=O)N[C@H](C=O)CC(=O)O. The van der Waals surface area contributed by atoms with Crippen LogP contribution in [0.3, 0.4) is 0 Å². The molecule has 0 aliphatic rings. The van der Waals surface area contributed by atoms with Gasteiger partial charge in [-0.3, -0.25) is 33.6 Å². The Labute approximate surface area is 210 Å². The molecule has 0 rings (SSSR count). The van der Waals surface area contributed by atoms with Gasteiger partial charge in [0.25, 0.3) is 0 Å². The lowest BCUT2D eigenvalue weighted by Gasteiger charge is -2.25. The van der Waals surface area contributed by atoms with E-state index in [1.807, 2.05) is 0 Å². The monoisotopic (exact) mass is 533 g/mol. The molecule has 0 heterocycles. The minimum Gasteiger partial charge on any atom is -0.481 e. The summed E-state index contributed by atoms with van der Waals surface area (Å²) in [4.78, 5) is 93.7. The number of nitrogens with two attached hydrogens (primary N) is 1. The molecular formula is C20H31N5O10S. The van der Waals surface area contributed by atoms with Crippen molar-refractivity contribution < 1.29 is 48.6 Å². The van der Waals surface area contributed by atoms with Gasteiger partial charge in [0.2, 0.25) is 29.5 Å². The zero-order chi connectivity index (χ0) is 27.8. The van der Waals surface area contributed by atoms with Crippen LogP contribution in [0.5, 0.6) is 0 Å². The topological polar surface area (TPSA) is 251 Å². The second-order valence-corrected chi connectivity index (χ2v) is 8.59. The normalized spacial score (nSPS) is 13.7. The van der Waals surface area contributed by atoms with Crippen molar-refractivity contribution >= 4 is 59.5 Å². The van der Waals surface area contributed by atoms with Gasteiger partial charge in [0.05, 0.1) is 18.9 Å². The number of carboxylic acids is 2. The molecule has 0 unspecified atom stereocenters. The minimum atomic E-state index is -1.47.